The molecule has 0 bridgehead atoms. The van der Waals surface area contributed by atoms with Gasteiger partial charge in [0.1, 0.15) is 5.82 Å². The molecule has 5 nitrogen and oxygen atoms in total. The van der Waals surface area contributed by atoms with Crippen LogP contribution < -0.4 is 5.32 Å². The third-order valence-electron chi connectivity index (χ3n) is 5.12. The van der Waals surface area contributed by atoms with Crippen molar-refractivity contribution in [1.29, 1.82) is 0 Å². The average molecular weight is 304 g/mol. The van der Waals surface area contributed by atoms with E-state index in [2.05, 4.69) is 26.7 Å². The van der Waals surface area contributed by atoms with Crippen LogP contribution >= 0.6 is 0 Å². The number of carbonyl (C=O) groups is 1. The number of rotatable bonds is 4. The van der Waals surface area contributed by atoms with Crippen LogP contribution in [0.3, 0.4) is 0 Å². The average Bonchev–Trinajstić information content (AvgIpc) is 2.86. The van der Waals surface area contributed by atoms with Gasteiger partial charge in [-0.25, -0.2) is 4.98 Å². The van der Waals surface area contributed by atoms with Crippen LogP contribution in [-0.4, -0.2) is 45.5 Å². The molecular formula is C17H28N4O. The molecule has 22 heavy (non-hydrogen) atoms. The Morgan fingerprint density at radius 1 is 1.36 bits per heavy atom. The molecule has 0 spiro atoms. The highest BCUT2D eigenvalue weighted by Crippen LogP contribution is 2.25. The van der Waals surface area contributed by atoms with Gasteiger partial charge in [0.25, 0.3) is 0 Å². The van der Waals surface area contributed by atoms with E-state index in [4.69, 9.17) is 0 Å². The van der Waals surface area contributed by atoms with Gasteiger partial charge in [-0.05, 0) is 32.2 Å². The number of aromatic nitrogens is 2. The van der Waals surface area contributed by atoms with Gasteiger partial charge in [-0.15, -0.1) is 0 Å². The number of nitrogens with one attached hydrogen (secondary N) is 1. The first-order valence-corrected chi connectivity index (χ1v) is 8.82. The smallest absolute Gasteiger partial charge is 0.224 e. The van der Waals surface area contributed by atoms with Gasteiger partial charge in [-0.3, -0.25) is 4.79 Å². The van der Waals surface area contributed by atoms with Crippen LogP contribution in [0.4, 0.5) is 0 Å². The first kappa shape index (κ1) is 15.5. The second kappa shape index (κ2) is 7.27. The number of carbonyl (C=O) groups excluding carboxylic acids is 1. The normalized spacial score (nSPS) is 25.6. The van der Waals surface area contributed by atoms with E-state index < -0.39 is 0 Å². The summed E-state index contributed by atoms with van der Waals surface area (Å²) < 4.78 is 2.12. The molecule has 0 saturated carbocycles. The number of hydrogen-bond acceptors (Lipinski definition) is 3. The molecule has 2 atom stereocenters. The summed E-state index contributed by atoms with van der Waals surface area (Å²) in [6.07, 6.45) is 11.3. The number of hydrogen-bond donors (Lipinski definition) is 1. The monoisotopic (exact) mass is 304 g/mol. The molecule has 122 valence electrons. The topological polar surface area (TPSA) is 50.2 Å². The molecule has 3 heterocycles. The van der Waals surface area contributed by atoms with Gasteiger partial charge in [-0.2, -0.15) is 0 Å². The number of nitrogens with zero attached hydrogens (tertiary/aromatic N) is 3. The van der Waals surface area contributed by atoms with E-state index in [1.165, 1.54) is 19.3 Å². The molecule has 2 saturated heterocycles. The molecule has 2 aliphatic heterocycles. The standard InChI is InChI=1S/C17H28N4O/c1-2-16-19-10-13-20(16)12-8-17(22)21-11-5-6-14-15(21)7-3-4-9-18-14/h10,13-15,18H,2-9,11-12H2,1H3/t14-,15+/m1/s1. The SMILES string of the molecule is CCc1nccn1CCC(=O)N1CCC[C@H]2NCCCC[C@@H]21. The predicted molar refractivity (Wildman–Crippen MR) is 86.6 cm³/mol. The highest BCUT2D eigenvalue weighted by molar-refractivity contribution is 5.76. The van der Waals surface area contributed by atoms with E-state index in [9.17, 15) is 4.79 Å². The van der Waals surface area contributed by atoms with E-state index in [-0.39, 0.29) is 0 Å². The molecule has 5 heteroatoms. The van der Waals surface area contributed by atoms with Gasteiger partial charge in [0.15, 0.2) is 0 Å². The Kier molecular flexibility index (Phi) is 5.13. The van der Waals surface area contributed by atoms with Crippen molar-refractivity contribution in [3.63, 3.8) is 0 Å². The molecule has 1 aromatic heterocycles. The maximum atomic E-state index is 12.7. The molecule has 0 radical (unpaired) electrons. The van der Waals surface area contributed by atoms with Crippen molar-refractivity contribution in [2.45, 2.75) is 70.5 Å². The molecule has 2 fully saturated rings. The summed E-state index contributed by atoms with van der Waals surface area (Å²) >= 11 is 0. The Hall–Kier alpha value is -1.36. The molecule has 1 N–H and O–H groups in total. The van der Waals surface area contributed by atoms with Crippen LogP contribution in [0, 0.1) is 0 Å². The first-order chi connectivity index (χ1) is 10.8. The van der Waals surface area contributed by atoms with Crippen LogP contribution in [-0.2, 0) is 17.8 Å². The van der Waals surface area contributed by atoms with Gasteiger partial charge in [0.05, 0.1) is 0 Å². The fraction of sp³-hybridized carbons (Fsp3) is 0.765. The van der Waals surface area contributed by atoms with Crippen molar-refractivity contribution >= 4 is 5.91 Å². The number of piperidine rings is 1. The van der Waals surface area contributed by atoms with Crippen molar-refractivity contribution in [2.75, 3.05) is 13.1 Å². The summed E-state index contributed by atoms with van der Waals surface area (Å²) in [5.74, 6) is 1.38. The quantitative estimate of drug-likeness (QED) is 0.925. The summed E-state index contributed by atoms with van der Waals surface area (Å²) in [5.41, 5.74) is 0. The lowest BCUT2D eigenvalue weighted by Crippen LogP contribution is -2.55. The summed E-state index contributed by atoms with van der Waals surface area (Å²) in [7, 11) is 0. The molecule has 2 aliphatic rings. The largest absolute Gasteiger partial charge is 0.338 e. The van der Waals surface area contributed by atoms with Gasteiger partial charge < -0.3 is 14.8 Å². The highest BCUT2D eigenvalue weighted by atomic mass is 16.2. The minimum Gasteiger partial charge on any atom is -0.338 e. The van der Waals surface area contributed by atoms with Crippen molar-refractivity contribution in [3.05, 3.63) is 18.2 Å². The predicted octanol–water partition coefficient (Wildman–Crippen LogP) is 1.97. The second-order valence-electron chi connectivity index (χ2n) is 6.49. The first-order valence-electron chi connectivity index (χ1n) is 8.82. The Balaban J connectivity index is 1.60. The zero-order chi connectivity index (χ0) is 15.4. The zero-order valence-corrected chi connectivity index (χ0v) is 13.6. The summed E-state index contributed by atoms with van der Waals surface area (Å²) in [4.78, 5) is 19.2. The Labute approximate surface area is 133 Å². The van der Waals surface area contributed by atoms with E-state index >= 15 is 0 Å². The fourth-order valence-electron chi connectivity index (χ4n) is 3.95. The lowest BCUT2D eigenvalue weighted by molar-refractivity contribution is -0.136. The minimum absolute atomic E-state index is 0.314. The van der Waals surface area contributed by atoms with Gasteiger partial charge >= 0.3 is 0 Å². The van der Waals surface area contributed by atoms with Crippen molar-refractivity contribution in [2.24, 2.45) is 0 Å². The highest BCUT2D eigenvalue weighted by Gasteiger charge is 2.34. The van der Waals surface area contributed by atoms with Crippen molar-refractivity contribution in [1.82, 2.24) is 19.8 Å². The van der Waals surface area contributed by atoms with Crippen molar-refractivity contribution < 1.29 is 4.79 Å². The van der Waals surface area contributed by atoms with E-state index in [1.54, 1.807) is 0 Å². The molecule has 0 unspecified atom stereocenters. The third-order valence-corrected chi connectivity index (χ3v) is 5.12. The van der Waals surface area contributed by atoms with E-state index in [0.717, 1.165) is 44.7 Å². The van der Waals surface area contributed by atoms with Crippen LogP contribution in [0.15, 0.2) is 12.4 Å². The number of amides is 1. The molecule has 0 aliphatic carbocycles. The Morgan fingerprint density at radius 2 is 2.27 bits per heavy atom. The van der Waals surface area contributed by atoms with Gasteiger partial charge in [0, 0.05) is 50.4 Å². The number of aryl methyl sites for hydroxylation is 2. The van der Waals surface area contributed by atoms with Crippen LogP contribution in [0.25, 0.3) is 0 Å². The zero-order valence-electron chi connectivity index (χ0n) is 13.6. The lowest BCUT2D eigenvalue weighted by Gasteiger charge is -2.41. The minimum atomic E-state index is 0.314. The van der Waals surface area contributed by atoms with Crippen LogP contribution in [0.5, 0.6) is 0 Å². The Bertz CT molecular complexity index is 499. The maximum absolute atomic E-state index is 12.7. The molecule has 0 aromatic carbocycles. The summed E-state index contributed by atoms with van der Waals surface area (Å²) in [5, 5.41) is 3.65. The molecule has 1 amide bonds. The molecular weight excluding hydrogens is 276 g/mol. The van der Waals surface area contributed by atoms with Gasteiger partial charge in [-0.1, -0.05) is 13.3 Å². The Morgan fingerprint density at radius 3 is 3.14 bits per heavy atom. The maximum Gasteiger partial charge on any atom is 0.224 e. The van der Waals surface area contributed by atoms with Crippen LogP contribution in [0.2, 0.25) is 0 Å². The molecule has 1 aromatic rings. The van der Waals surface area contributed by atoms with E-state index in [1.807, 2.05) is 12.4 Å². The van der Waals surface area contributed by atoms with Gasteiger partial charge in [0.2, 0.25) is 5.91 Å². The lowest BCUT2D eigenvalue weighted by atomic mass is 9.93. The summed E-state index contributed by atoms with van der Waals surface area (Å²) in [6, 6.07) is 0.928. The second-order valence-corrected chi connectivity index (χ2v) is 6.49. The summed E-state index contributed by atoms with van der Waals surface area (Å²) in [6.45, 7) is 4.90. The third kappa shape index (κ3) is 3.35. The number of imidazole rings is 1. The number of fused-ring (bicyclic) bond motifs is 1. The van der Waals surface area contributed by atoms with E-state index in [0.29, 0.717) is 24.4 Å². The molecule has 3 rings (SSSR count). The fourth-order valence-corrected chi connectivity index (χ4v) is 3.95. The number of likely N-dealkylation sites (tertiary alicyclic amines) is 1. The van der Waals surface area contributed by atoms with Crippen LogP contribution in [0.1, 0.15) is 51.3 Å². The van der Waals surface area contributed by atoms with Crippen molar-refractivity contribution in [3.8, 4) is 0 Å².